The summed E-state index contributed by atoms with van der Waals surface area (Å²) in [7, 11) is 0. The molecule has 0 radical (unpaired) electrons. The highest BCUT2D eigenvalue weighted by Crippen LogP contribution is 2.24. The molecule has 0 aliphatic heterocycles. The van der Waals surface area contributed by atoms with Crippen molar-refractivity contribution < 1.29 is 4.79 Å². The number of amides is 1. The van der Waals surface area contributed by atoms with Gasteiger partial charge in [0.1, 0.15) is 0 Å². The van der Waals surface area contributed by atoms with E-state index >= 15 is 0 Å². The van der Waals surface area contributed by atoms with Crippen LogP contribution < -0.4 is 11.1 Å². The predicted molar refractivity (Wildman–Crippen MR) is 77.3 cm³/mol. The van der Waals surface area contributed by atoms with E-state index < -0.39 is 0 Å². The molecule has 0 atom stereocenters. The van der Waals surface area contributed by atoms with E-state index in [0.717, 1.165) is 27.3 Å². The second-order valence-corrected chi connectivity index (χ2v) is 5.33. The summed E-state index contributed by atoms with van der Waals surface area (Å²) >= 11 is 1.45. The highest BCUT2D eigenvalue weighted by Gasteiger charge is 2.12. The van der Waals surface area contributed by atoms with E-state index in [-0.39, 0.29) is 5.91 Å². The van der Waals surface area contributed by atoms with Crippen LogP contribution in [-0.2, 0) is 0 Å². The smallest absolute Gasteiger partial charge is 0.266 e. The third-order valence-corrected chi connectivity index (χ3v) is 3.94. The number of nitrogen functional groups attached to an aromatic ring is 1. The van der Waals surface area contributed by atoms with E-state index in [4.69, 9.17) is 5.73 Å². The Bertz CT molecular complexity index is 602. The molecule has 1 amide bonds. The number of thiophene rings is 1. The van der Waals surface area contributed by atoms with Crippen molar-refractivity contribution in [2.75, 3.05) is 11.1 Å². The Balaban J connectivity index is 2.28. The molecule has 0 saturated heterocycles. The Hall–Kier alpha value is -1.81. The lowest BCUT2D eigenvalue weighted by Crippen LogP contribution is -2.12. The Morgan fingerprint density at radius 1 is 1.17 bits per heavy atom. The lowest BCUT2D eigenvalue weighted by Gasteiger charge is -2.11. The minimum Gasteiger partial charge on any atom is -0.398 e. The number of hydrogen-bond donors (Lipinski definition) is 2. The molecule has 0 unspecified atom stereocenters. The summed E-state index contributed by atoms with van der Waals surface area (Å²) in [6.07, 6.45) is 0. The molecule has 0 aliphatic rings. The first-order valence-electron chi connectivity index (χ1n) is 5.71. The van der Waals surface area contributed by atoms with Crippen molar-refractivity contribution in [1.29, 1.82) is 0 Å². The maximum atomic E-state index is 12.1. The highest BCUT2D eigenvalue weighted by molar-refractivity contribution is 7.12. The number of carbonyl (C=O) groups excluding carboxylic acids is 1. The minimum atomic E-state index is -0.0751. The van der Waals surface area contributed by atoms with Gasteiger partial charge in [0, 0.05) is 11.4 Å². The van der Waals surface area contributed by atoms with Crippen LogP contribution in [0.4, 0.5) is 11.4 Å². The summed E-state index contributed by atoms with van der Waals surface area (Å²) in [5, 5.41) is 4.83. The van der Waals surface area contributed by atoms with E-state index in [1.54, 1.807) is 0 Å². The van der Waals surface area contributed by atoms with Gasteiger partial charge in [-0.25, -0.2) is 0 Å². The molecule has 4 heteroatoms. The summed E-state index contributed by atoms with van der Waals surface area (Å²) in [6, 6.07) is 5.73. The van der Waals surface area contributed by atoms with Gasteiger partial charge in [-0.05, 0) is 55.0 Å². The molecule has 2 rings (SSSR count). The summed E-state index contributed by atoms with van der Waals surface area (Å²) < 4.78 is 0. The van der Waals surface area contributed by atoms with Gasteiger partial charge < -0.3 is 11.1 Å². The van der Waals surface area contributed by atoms with Crippen molar-refractivity contribution in [2.45, 2.75) is 20.8 Å². The normalized spacial score (nSPS) is 10.4. The minimum absolute atomic E-state index is 0.0751. The molecule has 0 spiro atoms. The molecule has 0 aliphatic carbocycles. The fraction of sp³-hybridized carbons (Fsp3) is 0.214. The second-order valence-electron chi connectivity index (χ2n) is 4.41. The number of nitrogens with one attached hydrogen (secondary N) is 1. The van der Waals surface area contributed by atoms with E-state index in [1.807, 2.05) is 44.4 Å². The number of hydrogen-bond acceptors (Lipinski definition) is 3. The number of benzene rings is 1. The molecule has 3 N–H and O–H groups in total. The van der Waals surface area contributed by atoms with Crippen molar-refractivity contribution in [3.05, 3.63) is 45.1 Å². The molecular formula is C14H16N2OS. The quantitative estimate of drug-likeness (QED) is 0.812. The van der Waals surface area contributed by atoms with Crippen molar-refractivity contribution in [1.82, 2.24) is 0 Å². The van der Waals surface area contributed by atoms with Crippen LogP contribution in [0.15, 0.2) is 23.6 Å². The third-order valence-electron chi connectivity index (χ3n) is 2.93. The molecule has 3 nitrogen and oxygen atoms in total. The first kappa shape index (κ1) is 12.6. The van der Waals surface area contributed by atoms with Crippen LogP contribution >= 0.6 is 11.3 Å². The average Bonchev–Trinajstić information content (AvgIpc) is 2.72. The largest absolute Gasteiger partial charge is 0.398 e. The molecule has 94 valence electrons. The zero-order chi connectivity index (χ0) is 13.3. The fourth-order valence-electron chi connectivity index (χ4n) is 1.79. The van der Waals surface area contributed by atoms with Crippen LogP contribution in [0.25, 0.3) is 0 Å². The summed E-state index contributed by atoms with van der Waals surface area (Å²) in [4.78, 5) is 12.8. The number of aryl methyl sites for hydroxylation is 3. The van der Waals surface area contributed by atoms with Crippen LogP contribution in [0.3, 0.4) is 0 Å². The third kappa shape index (κ3) is 2.38. The van der Waals surface area contributed by atoms with Gasteiger partial charge in [-0.15, -0.1) is 11.3 Å². The molecule has 2 aromatic rings. The molecule has 0 fully saturated rings. The SMILES string of the molecule is Cc1cc(C)c(NC(=O)c2sccc2C)cc1N. The van der Waals surface area contributed by atoms with Gasteiger partial charge in [-0.1, -0.05) is 6.07 Å². The fourth-order valence-corrected chi connectivity index (χ4v) is 2.61. The number of carbonyl (C=O) groups is 1. The number of nitrogens with two attached hydrogens (primary N) is 1. The van der Waals surface area contributed by atoms with Crippen LogP contribution in [0.2, 0.25) is 0 Å². The van der Waals surface area contributed by atoms with Gasteiger partial charge in [-0.2, -0.15) is 0 Å². The zero-order valence-corrected chi connectivity index (χ0v) is 11.5. The summed E-state index contributed by atoms with van der Waals surface area (Å²) in [6.45, 7) is 5.85. The van der Waals surface area contributed by atoms with Crippen LogP contribution in [0, 0.1) is 20.8 Å². The molecule has 1 heterocycles. The standard InChI is InChI=1S/C14H16N2OS/c1-8-4-5-18-13(8)14(17)16-12-7-11(15)9(2)6-10(12)3/h4-7H,15H2,1-3H3,(H,16,17). The first-order chi connectivity index (χ1) is 8.49. The summed E-state index contributed by atoms with van der Waals surface area (Å²) in [5.74, 6) is -0.0751. The molecule has 18 heavy (non-hydrogen) atoms. The molecule has 1 aromatic heterocycles. The zero-order valence-electron chi connectivity index (χ0n) is 10.7. The van der Waals surface area contributed by atoms with Crippen molar-refractivity contribution in [2.24, 2.45) is 0 Å². The van der Waals surface area contributed by atoms with Crippen molar-refractivity contribution in [3.8, 4) is 0 Å². The Labute approximate surface area is 111 Å². The lowest BCUT2D eigenvalue weighted by atomic mass is 10.1. The first-order valence-corrected chi connectivity index (χ1v) is 6.59. The van der Waals surface area contributed by atoms with Gasteiger partial charge in [0.25, 0.3) is 5.91 Å². The monoisotopic (exact) mass is 260 g/mol. The van der Waals surface area contributed by atoms with E-state index in [2.05, 4.69) is 5.32 Å². The van der Waals surface area contributed by atoms with Gasteiger partial charge >= 0.3 is 0 Å². The van der Waals surface area contributed by atoms with E-state index in [1.165, 1.54) is 11.3 Å². The average molecular weight is 260 g/mol. The molecule has 0 bridgehead atoms. The van der Waals surface area contributed by atoms with Crippen molar-refractivity contribution >= 4 is 28.6 Å². The lowest BCUT2D eigenvalue weighted by molar-refractivity contribution is 0.103. The molecule has 1 aromatic carbocycles. The Morgan fingerprint density at radius 2 is 1.89 bits per heavy atom. The van der Waals surface area contributed by atoms with Crippen LogP contribution in [0.5, 0.6) is 0 Å². The second kappa shape index (κ2) is 4.82. The van der Waals surface area contributed by atoms with Crippen molar-refractivity contribution in [3.63, 3.8) is 0 Å². The topological polar surface area (TPSA) is 55.1 Å². The Kier molecular flexibility index (Phi) is 3.39. The highest BCUT2D eigenvalue weighted by atomic mass is 32.1. The van der Waals surface area contributed by atoms with Gasteiger partial charge in [0.15, 0.2) is 0 Å². The van der Waals surface area contributed by atoms with E-state index in [0.29, 0.717) is 5.69 Å². The van der Waals surface area contributed by atoms with Crippen LogP contribution in [-0.4, -0.2) is 5.91 Å². The van der Waals surface area contributed by atoms with Gasteiger partial charge in [0.05, 0.1) is 4.88 Å². The van der Waals surface area contributed by atoms with E-state index in [9.17, 15) is 4.79 Å². The van der Waals surface area contributed by atoms with Crippen LogP contribution in [0.1, 0.15) is 26.4 Å². The molecular weight excluding hydrogens is 244 g/mol. The summed E-state index contributed by atoms with van der Waals surface area (Å²) in [5.41, 5.74) is 10.4. The number of anilines is 2. The maximum Gasteiger partial charge on any atom is 0.266 e. The molecule has 0 saturated carbocycles. The van der Waals surface area contributed by atoms with Gasteiger partial charge in [-0.3, -0.25) is 4.79 Å². The van der Waals surface area contributed by atoms with Gasteiger partial charge in [0.2, 0.25) is 0 Å². The Morgan fingerprint density at radius 3 is 2.50 bits per heavy atom. The maximum absolute atomic E-state index is 12.1. The predicted octanol–water partition coefficient (Wildman–Crippen LogP) is 3.51. The number of rotatable bonds is 2.